The summed E-state index contributed by atoms with van der Waals surface area (Å²) in [6.45, 7) is 7.79. The Morgan fingerprint density at radius 2 is 2.06 bits per heavy atom. The van der Waals surface area contributed by atoms with Crippen molar-refractivity contribution in [3.63, 3.8) is 0 Å². The van der Waals surface area contributed by atoms with Gasteiger partial charge in [0.05, 0.1) is 0 Å². The maximum atomic E-state index is 11.4. The van der Waals surface area contributed by atoms with Crippen molar-refractivity contribution < 1.29 is 9.53 Å². The topological polar surface area (TPSA) is 50.4 Å². The van der Waals surface area contributed by atoms with Gasteiger partial charge in [-0.25, -0.2) is 10.2 Å². The summed E-state index contributed by atoms with van der Waals surface area (Å²) in [7, 11) is 0. The molecule has 1 fully saturated rings. The van der Waals surface area contributed by atoms with E-state index in [2.05, 4.69) is 17.8 Å². The van der Waals surface area contributed by atoms with Gasteiger partial charge in [-0.05, 0) is 46.0 Å². The third-order valence-corrected chi connectivity index (χ3v) is 2.90. The number of carbonyl (C=O) groups excluding carboxylic acids is 1. The van der Waals surface area contributed by atoms with E-state index in [0.29, 0.717) is 6.04 Å². The minimum absolute atomic E-state index is 0.396. The molecule has 2 atom stereocenters. The molecule has 0 aromatic rings. The average Bonchev–Trinajstić information content (AvgIpc) is 2.59. The second kappa shape index (κ2) is 5.53. The summed E-state index contributed by atoms with van der Waals surface area (Å²) in [5, 5.41) is 0. The molecular weight excluding hydrogens is 204 g/mol. The number of hydrogen-bond donors (Lipinski definition) is 2. The van der Waals surface area contributed by atoms with Crippen LogP contribution in [0.2, 0.25) is 0 Å². The molecule has 0 aromatic carbocycles. The third kappa shape index (κ3) is 4.84. The Morgan fingerprint density at radius 3 is 2.56 bits per heavy atom. The number of nitrogens with one attached hydrogen (secondary N) is 2. The Kier molecular flexibility index (Phi) is 4.59. The number of ether oxygens (including phenoxy) is 1. The lowest BCUT2D eigenvalue weighted by Crippen LogP contribution is -2.45. The highest BCUT2D eigenvalue weighted by molar-refractivity contribution is 5.67. The highest BCUT2D eigenvalue weighted by Crippen LogP contribution is 2.27. The summed E-state index contributed by atoms with van der Waals surface area (Å²) in [6, 6.07) is 0.400. The number of rotatable bonds is 3. The first-order valence-electron chi connectivity index (χ1n) is 6.15. The number of hydrazine groups is 1. The van der Waals surface area contributed by atoms with Gasteiger partial charge in [-0.2, -0.15) is 0 Å². The van der Waals surface area contributed by atoms with E-state index in [9.17, 15) is 4.79 Å². The first-order chi connectivity index (χ1) is 7.40. The molecule has 1 amide bonds. The van der Waals surface area contributed by atoms with Crippen LogP contribution in [0.3, 0.4) is 0 Å². The van der Waals surface area contributed by atoms with Gasteiger partial charge >= 0.3 is 6.09 Å². The van der Waals surface area contributed by atoms with Crippen molar-refractivity contribution in [1.29, 1.82) is 0 Å². The molecular formula is C12H24N2O2. The molecule has 2 unspecified atom stereocenters. The molecule has 1 aliphatic carbocycles. The molecule has 4 nitrogen and oxygen atoms in total. The largest absolute Gasteiger partial charge is 0.443 e. The molecule has 0 radical (unpaired) electrons. The smallest absolute Gasteiger partial charge is 0.422 e. The average molecular weight is 228 g/mol. The zero-order valence-electron chi connectivity index (χ0n) is 10.8. The predicted molar refractivity (Wildman–Crippen MR) is 63.9 cm³/mol. The van der Waals surface area contributed by atoms with Crippen molar-refractivity contribution in [1.82, 2.24) is 10.9 Å². The minimum atomic E-state index is -0.437. The molecule has 0 aromatic heterocycles. The Balaban J connectivity index is 2.18. The molecule has 0 aliphatic heterocycles. The minimum Gasteiger partial charge on any atom is -0.443 e. The SMILES string of the molecule is CCC1CCC(NNC(=O)OC(C)(C)C)C1. The van der Waals surface area contributed by atoms with E-state index in [1.807, 2.05) is 20.8 Å². The monoisotopic (exact) mass is 228 g/mol. The van der Waals surface area contributed by atoms with Crippen molar-refractivity contribution in [3.05, 3.63) is 0 Å². The Labute approximate surface area is 98.1 Å². The highest BCUT2D eigenvalue weighted by atomic mass is 16.6. The van der Waals surface area contributed by atoms with Crippen molar-refractivity contribution in [2.45, 2.75) is 65.0 Å². The summed E-state index contributed by atoms with van der Waals surface area (Å²) in [4.78, 5) is 11.4. The van der Waals surface area contributed by atoms with Crippen molar-refractivity contribution >= 4 is 6.09 Å². The van der Waals surface area contributed by atoms with Crippen LogP contribution in [0, 0.1) is 5.92 Å². The first-order valence-corrected chi connectivity index (χ1v) is 6.15. The maximum Gasteiger partial charge on any atom is 0.422 e. The van der Waals surface area contributed by atoms with E-state index in [1.165, 1.54) is 12.8 Å². The summed E-state index contributed by atoms with van der Waals surface area (Å²) >= 11 is 0. The van der Waals surface area contributed by atoms with E-state index in [-0.39, 0.29) is 0 Å². The Bertz CT molecular complexity index is 236. The normalized spacial score (nSPS) is 25.5. The van der Waals surface area contributed by atoms with Gasteiger partial charge in [0, 0.05) is 6.04 Å². The fourth-order valence-electron chi connectivity index (χ4n) is 2.04. The lowest BCUT2D eigenvalue weighted by Gasteiger charge is -2.21. The second-order valence-corrected chi connectivity index (χ2v) is 5.56. The lowest BCUT2D eigenvalue weighted by molar-refractivity contribution is 0.0488. The quantitative estimate of drug-likeness (QED) is 0.730. The predicted octanol–water partition coefficient (Wildman–Crippen LogP) is 2.59. The number of amides is 1. The zero-order chi connectivity index (χ0) is 12.2. The fourth-order valence-corrected chi connectivity index (χ4v) is 2.04. The molecule has 2 N–H and O–H groups in total. The lowest BCUT2D eigenvalue weighted by atomic mass is 10.1. The summed E-state index contributed by atoms with van der Waals surface area (Å²) in [6.07, 6.45) is 4.36. The van der Waals surface area contributed by atoms with E-state index in [0.717, 1.165) is 18.8 Å². The van der Waals surface area contributed by atoms with E-state index in [4.69, 9.17) is 4.74 Å². The summed E-state index contributed by atoms with van der Waals surface area (Å²) in [5.74, 6) is 0.804. The van der Waals surface area contributed by atoms with Crippen LogP contribution in [0.4, 0.5) is 4.79 Å². The summed E-state index contributed by atoms with van der Waals surface area (Å²) in [5.41, 5.74) is 5.22. The van der Waals surface area contributed by atoms with Crippen LogP contribution in [0.15, 0.2) is 0 Å². The third-order valence-electron chi connectivity index (χ3n) is 2.90. The van der Waals surface area contributed by atoms with Crippen LogP contribution in [0.1, 0.15) is 53.4 Å². The molecule has 0 saturated heterocycles. The van der Waals surface area contributed by atoms with Gasteiger partial charge in [0.25, 0.3) is 0 Å². The molecule has 1 rings (SSSR count). The number of hydrogen-bond acceptors (Lipinski definition) is 3. The van der Waals surface area contributed by atoms with Crippen molar-refractivity contribution in [2.75, 3.05) is 0 Å². The molecule has 1 aliphatic rings. The molecule has 94 valence electrons. The molecule has 0 bridgehead atoms. The molecule has 4 heteroatoms. The maximum absolute atomic E-state index is 11.4. The van der Waals surface area contributed by atoms with E-state index >= 15 is 0 Å². The number of carbonyl (C=O) groups is 1. The summed E-state index contributed by atoms with van der Waals surface area (Å²) < 4.78 is 5.14. The van der Waals surface area contributed by atoms with Gasteiger partial charge < -0.3 is 4.74 Å². The van der Waals surface area contributed by atoms with Crippen LogP contribution in [0.5, 0.6) is 0 Å². The van der Waals surface area contributed by atoms with Gasteiger partial charge in [0.2, 0.25) is 0 Å². The van der Waals surface area contributed by atoms with Gasteiger partial charge in [-0.1, -0.05) is 13.3 Å². The highest BCUT2D eigenvalue weighted by Gasteiger charge is 2.24. The Hall–Kier alpha value is -0.770. The zero-order valence-corrected chi connectivity index (χ0v) is 10.8. The van der Waals surface area contributed by atoms with Gasteiger partial charge in [-0.3, -0.25) is 5.43 Å². The van der Waals surface area contributed by atoms with Crippen molar-refractivity contribution in [2.24, 2.45) is 5.92 Å². The van der Waals surface area contributed by atoms with Gasteiger partial charge in [-0.15, -0.1) is 0 Å². The van der Waals surface area contributed by atoms with Crippen LogP contribution >= 0.6 is 0 Å². The van der Waals surface area contributed by atoms with Crippen LogP contribution in [0.25, 0.3) is 0 Å². The van der Waals surface area contributed by atoms with E-state index < -0.39 is 11.7 Å². The van der Waals surface area contributed by atoms with Gasteiger partial charge in [0.15, 0.2) is 0 Å². The Morgan fingerprint density at radius 1 is 1.38 bits per heavy atom. The van der Waals surface area contributed by atoms with Crippen LogP contribution in [-0.2, 0) is 4.74 Å². The molecule has 0 spiro atoms. The second-order valence-electron chi connectivity index (χ2n) is 5.56. The molecule has 16 heavy (non-hydrogen) atoms. The molecule has 1 saturated carbocycles. The molecule has 0 heterocycles. The van der Waals surface area contributed by atoms with Crippen molar-refractivity contribution in [3.8, 4) is 0 Å². The van der Waals surface area contributed by atoms with Crippen LogP contribution < -0.4 is 10.9 Å². The standard InChI is InChI=1S/C12H24N2O2/c1-5-9-6-7-10(8-9)13-14-11(15)16-12(2,3)4/h9-10,13H,5-8H2,1-4H3,(H,14,15). The first kappa shape index (κ1) is 13.3. The van der Waals surface area contributed by atoms with Crippen LogP contribution in [-0.4, -0.2) is 17.7 Å². The fraction of sp³-hybridized carbons (Fsp3) is 0.917. The van der Waals surface area contributed by atoms with Gasteiger partial charge in [0.1, 0.15) is 5.60 Å². The van der Waals surface area contributed by atoms with E-state index in [1.54, 1.807) is 0 Å².